The maximum atomic E-state index is 14.3. The van der Waals surface area contributed by atoms with Gasteiger partial charge in [0.05, 0.1) is 17.3 Å². The number of piperidine rings is 1. The van der Waals surface area contributed by atoms with Gasteiger partial charge < -0.3 is 10.3 Å². The lowest BCUT2D eigenvalue weighted by molar-refractivity contribution is 0.233. The highest BCUT2D eigenvalue weighted by atomic mass is 32.1. The minimum Gasteiger partial charge on any atom is -0.314 e. The fraction of sp³-hybridized carbons (Fsp3) is 0.368. The molecule has 1 aliphatic rings. The Morgan fingerprint density at radius 1 is 1.29 bits per heavy atom. The minimum absolute atomic E-state index is 0.186. The Morgan fingerprint density at radius 3 is 2.96 bits per heavy atom. The molecular weight excluding hydrogens is 379 g/mol. The fourth-order valence-corrected chi connectivity index (χ4v) is 4.97. The van der Waals surface area contributed by atoms with E-state index in [0.29, 0.717) is 28.3 Å². The third-order valence-corrected chi connectivity index (χ3v) is 6.33. The van der Waals surface area contributed by atoms with Crippen LogP contribution in [0.3, 0.4) is 0 Å². The molecule has 0 unspecified atom stereocenters. The molecule has 0 spiro atoms. The third-order valence-electron chi connectivity index (χ3n) is 5.17. The van der Waals surface area contributed by atoms with E-state index in [-0.39, 0.29) is 11.5 Å². The molecule has 4 aromatic rings. The van der Waals surface area contributed by atoms with Crippen LogP contribution in [-0.4, -0.2) is 43.8 Å². The van der Waals surface area contributed by atoms with Crippen molar-refractivity contribution < 1.29 is 4.39 Å². The SMILES string of the molecule is Cc1cn2nc(-c3nc4sc([C@H]5CCNC[C@@H]5F)cc4c(=O)[nH]3)cc(C)c2n1. The average Bonchev–Trinajstić information content (AvgIpc) is 3.25. The zero-order chi connectivity index (χ0) is 19.4. The van der Waals surface area contributed by atoms with Crippen molar-refractivity contribution in [1.29, 1.82) is 0 Å². The second-order valence-corrected chi connectivity index (χ2v) is 8.32. The summed E-state index contributed by atoms with van der Waals surface area (Å²) in [6.45, 7) is 4.99. The largest absolute Gasteiger partial charge is 0.314 e. The zero-order valence-corrected chi connectivity index (χ0v) is 16.3. The van der Waals surface area contributed by atoms with Gasteiger partial charge in [0, 0.05) is 17.3 Å². The number of halogens is 1. The molecule has 2 N–H and O–H groups in total. The van der Waals surface area contributed by atoms with E-state index in [4.69, 9.17) is 0 Å². The van der Waals surface area contributed by atoms with Gasteiger partial charge in [-0.1, -0.05) is 0 Å². The molecule has 0 aliphatic carbocycles. The van der Waals surface area contributed by atoms with E-state index in [1.165, 1.54) is 11.3 Å². The number of thiophene rings is 1. The van der Waals surface area contributed by atoms with Crippen molar-refractivity contribution in [2.75, 3.05) is 13.1 Å². The van der Waals surface area contributed by atoms with Gasteiger partial charge in [-0.3, -0.25) is 4.79 Å². The van der Waals surface area contributed by atoms with E-state index < -0.39 is 6.17 Å². The van der Waals surface area contributed by atoms with E-state index in [1.807, 2.05) is 26.1 Å². The lowest BCUT2D eigenvalue weighted by atomic mass is 9.94. The highest BCUT2D eigenvalue weighted by Gasteiger charge is 2.28. The number of aromatic nitrogens is 5. The maximum Gasteiger partial charge on any atom is 0.259 e. The van der Waals surface area contributed by atoms with Crippen LogP contribution in [-0.2, 0) is 0 Å². The van der Waals surface area contributed by atoms with Crippen LogP contribution >= 0.6 is 11.3 Å². The Morgan fingerprint density at radius 2 is 2.14 bits per heavy atom. The van der Waals surface area contributed by atoms with E-state index in [0.717, 1.165) is 34.7 Å². The Labute approximate surface area is 163 Å². The molecule has 5 rings (SSSR count). The summed E-state index contributed by atoms with van der Waals surface area (Å²) < 4.78 is 16.0. The van der Waals surface area contributed by atoms with Crippen molar-refractivity contribution in [2.45, 2.75) is 32.4 Å². The number of imidazole rings is 1. The summed E-state index contributed by atoms with van der Waals surface area (Å²) in [5.74, 6) is 0.221. The molecular formula is C19H19FN6OS. The quantitative estimate of drug-likeness (QED) is 0.542. The van der Waals surface area contributed by atoms with Gasteiger partial charge in [-0.25, -0.2) is 18.9 Å². The maximum absolute atomic E-state index is 14.3. The first-order valence-electron chi connectivity index (χ1n) is 9.22. The van der Waals surface area contributed by atoms with Gasteiger partial charge in [-0.15, -0.1) is 11.3 Å². The number of alkyl halides is 1. The first-order chi connectivity index (χ1) is 13.5. The summed E-state index contributed by atoms with van der Waals surface area (Å²) in [6, 6.07) is 3.66. The Kier molecular flexibility index (Phi) is 4.02. The van der Waals surface area contributed by atoms with E-state index >= 15 is 0 Å². The first-order valence-corrected chi connectivity index (χ1v) is 10.0. The molecule has 0 aromatic carbocycles. The molecule has 0 radical (unpaired) electrons. The van der Waals surface area contributed by atoms with E-state index in [9.17, 15) is 9.18 Å². The number of aryl methyl sites for hydroxylation is 2. The van der Waals surface area contributed by atoms with Gasteiger partial charge in [0.1, 0.15) is 16.7 Å². The van der Waals surface area contributed by atoms with Gasteiger partial charge in [0.25, 0.3) is 5.56 Å². The lowest BCUT2D eigenvalue weighted by Crippen LogP contribution is -2.36. The molecule has 7 nitrogen and oxygen atoms in total. The number of hydrogen-bond acceptors (Lipinski definition) is 6. The molecule has 4 aromatic heterocycles. The van der Waals surface area contributed by atoms with Gasteiger partial charge in [0.15, 0.2) is 11.5 Å². The summed E-state index contributed by atoms with van der Waals surface area (Å²) in [4.78, 5) is 26.1. The van der Waals surface area contributed by atoms with Crippen LogP contribution in [0.15, 0.2) is 23.1 Å². The molecule has 28 heavy (non-hydrogen) atoms. The third kappa shape index (κ3) is 2.82. The summed E-state index contributed by atoms with van der Waals surface area (Å²) in [5.41, 5.74) is 2.94. The van der Waals surface area contributed by atoms with Crippen molar-refractivity contribution in [2.24, 2.45) is 0 Å². The molecule has 9 heteroatoms. The predicted molar refractivity (Wildman–Crippen MR) is 107 cm³/mol. The summed E-state index contributed by atoms with van der Waals surface area (Å²) >= 11 is 1.40. The van der Waals surface area contributed by atoms with Gasteiger partial charge in [0.2, 0.25) is 0 Å². The van der Waals surface area contributed by atoms with Crippen LogP contribution in [0.4, 0.5) is 4.39 Å². The number of nitrogens with one attached hydrogen (secondary N) is 2. The summed E-state index contributed by atoms with van der Waals surface area (Å²) in [5, 5.41) is 8.11. The zero-order valence-electron chi connectivity index (χ0n) is 15.5. The predicted octanol–water partition coefficient (Wildman–Crippen LogP) is 2.73. The van der Waals surface area contributed by atoms with Crippen LogP contribution < -0.4 is 10.9 Å². The minimum atomic E-state index is -0.948. The second-order valence-electron chi connectivity index (χ2n) is 7.26. The monoisotopic (exact) mass is 398 g/mol. The molecule has 2 atom stereocenters. The standard InChI is InChI=1S/C19H19FN6OS/c1-9-5-14(25-26-8-10(2)22-17(9)26)16-23-18(27)12-6-15(28-19(12)24-16)11-3-4-21-7-13(11)20/h5-6,8,11,13,21H,3-4,7H2,1-2H3,(H,23,24,27)/t11-,13-/m0/s1. The van der Waals surface area contributed by atoms with Crippen LogP contribution in [0.25, 0.3) is 27.4 Å². The van der Waals surface area contributed by atoms with Crippen molar-refractivity contribution >= 4 is 27.2 Å². The van der Waals surface area contributed by atoms with Crippen LogP contribution in [0, 0.1) is 13.8 Å². The number of rotatable bonds is 2. The van der Waals surface area contributed by atoms with Gasteiger partial charge in [-0.2, -0.15) is 5.10 Å². The fourth-order valence-electron chi connectivity index (χ4n) is 3.76. The normalized spacial score (nSPS) is 20.2. The average molecular weight is 398 g/mol. The number of nitrogens with zero attached hydrogens (tertiary/aromatic N) is 4. The molecule has 1 fully saturated rings. The van der Waals surface area contributed by atoms with Gasteiger partial charge in [-0.05, 0) is 44.5 Å². The lowest BCUT2D eigenvalue weighted by Gasteiger charge is -2.25. The molecule has 1 saturated heterocycles. The Balaban J connectivity index is 1.62. The van der Waals surface area contributed by atoms with Crippen LogP contribution in [0.2, 0.25) is 0 Å². The molecule has 0 amide bonds. The van der Waals surface area contributed by atoms with Crippen molar-refractivity contribution in [3.8, 4) is 11.5 Å². The van der Waals surface area contributed by atoms with Crippen LogP contribution in [0.5, 0.6) is 0 Å². The topological polar surface area (TPSA) is 88.0 Å². The summed E-state index contributed by atoms with van der Waals surface area (Å²) in [7, 11) is 0. The smallest absolute Gasteiger partial charge is 0.259 e. The Hall–Kier alpha value is -2.65. The highest BCUT2D eigenvalue weighted by molar-refractivity contribution is 7.18. The van der Waals surface area contributed by atoms with Crippen molar-refractivity contribution in [1.82, 2.24) is 29.9 Å². The number of H-pyrrole nitrogens is 1. The highest BCUT2D eigenvalue weighted by Crippen LogP contribution is 2.35. The Bertz CT molecular complexity index is 1260. The molecule has 144 valence electrons. The van der Waals surface area contributed by atoms with Crippen LogP contribution in [0.1, 0.15) is 28.5 Å². The first kappa shape index (κ1) is 17.4. The summed E-state index contributed by atoms with van der Waals surface area (Å²) in [6.07, 6.45) is 1.61. The molecule has 5 heterocycles. The molecule has 1 aliphatic heterocycles. The van der Waals surface area contributed by atoms with Crippen molar-refractivity contribution in [3.05, 3.63) is 44.8 Å². The number of fused-ring (bicyclic) bond motifs is 2. The van der Waals surface area contributed by atoms with E-state index in [2.05, 4.69) is 25.4 Å². The number of aromatic amines is 1. The van der Waals surface area contributed by atoms with E-state index in [1.54, 1.807) is 10.6 Å². The number of hydrogen-bond donors (Lipinski definition) is 2. The molecule has 0 saturated carbocycles. The van der Waals surface area contributed by atoms with Gasteiger partial charge >= 0.3 is 0 Å². The van der Waals surface area contributed by atoms with Crippen molar-refractivity contribution in [3.63, 3.8) is 0 Å². The second kappa shape index (κ2) is 6.46. The molecule has 0 bridgehead atoms.